The molecule has 0 radical (unpaired) electrons. The third kappa shape index (κ3) is 6.13. The molecule has 0 saturated carbocycles. The van der Waals surface area contributed by atoms with Gasteiger partial charge >= 0.3 is 11.9 Å². The van der Waals surface area contributed by atoms with Gasteiger partial charge in [0.1, 0.15) is 11.6 Å². The van der Waals surface area contributed by atoms with Crippen LogP contribution in [0.4, 0.5) is 5.69 Å². The number of carbonyl (C=O) groups is 2. The Morgan fingerprint density at radius 2 is 1.95 bits per heavy atom. The van der Waals surface area contributed by atoms with E-state index in [1.165, 1.54) is 18.2 Å². The van der Waals surface area contributed by atoms with Crippen LogP contribution in [0.5, 0.6) is 0 Å². The molecule has 1 aromatic rings. The number of aromatic carboxylic acids is 1. The molecule has 7 nitrogen and oxygen atoms in total. The van der Waals surface area contributed by atoms with Crippen molar-refractivity contribution in [1.29, 1.82) is 0 Å². The third-order valence-electron chi connectivity index (χ3n) is 1.85. The van der Waals surface area contributed by atoms with Crippen molar-refractivity contribution in [1.82, 2.24) is 0 Å². The number of para-hydroxylation sites is 1. The van der Waals surface area contributed by atoms with Gasteiger partial charge in [-0.3, -0.25) is 4.79 Å². The largest absolute Gasteiger partial charge is 0.605 e. The number of benzene rings is 1. The van der Waals surface area contributed by atoms with Crippen LogP contribution in [-0.4, -0.2) is 38.1 Å². The molecule has 0 saturated heterocycles. The lowest BCUT2D eigenvalue weighted by molar-refractivity contribution is -0.325. The third-order valence-corrected chi connectivity index (χ3v) is 2.44. The van der Waals surface area contributed by atoms with Crippen molar-refractivity contribution in [3.63, 3.8) is 0 Å². The van der Waals surface area contributed by atoms with Gasteiger partial charge in [-0.2, -0.15) is 12.6 Å². The first-order valence-corrected chi connectivity index (χ1v) is 5.87. The van der Waals surface area contributed by atoms with Gasteiger partial charge in [0, 0.05) is 11.8 Å². The second-order valence-electron chi connectivity index (χ2n) is 3.21. The zero-order chi connectivity index (χ0) is 15.0. The molecule has 4 N–H and O–H groups in total. The minimum Gasteiger partial charge on any atom is -0.605 e. The van der Waals surface area contributed by atoms with E-state index < -0.39 is 18.0 Å². The molecule has 1 atom stereocenters. The highest BCUT2D eigenvalue weighted by molar-refractivity contribution is 7.80. The maximum atomic E-state index is 10.6. The van der Waals surface area contributed by atoms with Crippen LogP contribution < -0.4 is 5.73 Å². The van der Waals surface area contributed by atoms with E-state index in [0.29, 0.717) is 0 Å². The number of hydrogen-bond acceptors (Lipinski definition) is 6. The number of carboxylic acid groups (broad SMARTS) is 2. The zero-order valence-electron chi connectivity index (χ0n) is 9.59. The second kappa shape index (κ2) is 8.40. The first-order valence-electron chi connectivity index (χ1n) is 4.87. The highest BCUT2D eigenvalue weighted by atomic mass is 32.1. The summed E-state index contributed by atoms with van der Waals surface area (Å²) in [4.78, 5) is 20.3. The van der Waals surface area contributed by atoms with Crippen LogP contribution in [0, 0.1) is 5.21 Å². The molecule has 0 amide bonds. The molecule has 0 fully saturated rings. The zero-order valence-corrected chi connectivity index (χ0v) is 11.3. The van der Waals surface area contributed by atoms with E-state index in [9.17, 15) is 14.8 Å². The normalized spacial score (nSPS) is 10.8. The van der Waals surface area contributed by atoms with Crippen LogP contribution in [0.1, 0.15) is 10.4 Å². The number of nitrogens with zero attached hydrogens (tertiary/aromatic N) is 1. The fourth-order valence-corrected chi connectivity index (χ4v) is 1.21. The van der Waals surface area contributed by atoms with Gasteiger partial charge in [-0.1, -0.05) is 16.2 Å². The molecule has 0 aromatic heterocycles. The maximum Gasteiger partial charge on any atom is 0.342 e. The summed E-state index contributed by atoms with van der Waals surface area (Å²) in [5.74, 6) is -1.97. The fourth-order valence-electron chi connectivity index (χ4n) is 0.892. The molecule has 0 bridgehead atoms. The Balaban J connectivity index is 0.000000399. The molecule has 1 rings (SSSR count). The van der Waals surface area contributed by atoms with E-state index in [4.69, 9.17) is 15.9 Å². The van der Waals surface area contributed by atoms with E-state index in [-0.39, 0.29) is 21.1 Å². The molecule has 0 spiro atoms. The average Bonchev–Trinajstić information content (AvgIpc) is 2.38. The van der Waals surface area contributed by atoms with Crippen LogP contribution >= 0.6 is 12.6 Å². The number of hydrogen-bond donors (Lipinski definition) is 4. The molecule has 19 heavy (non-hydrogen) atoms. The van der Waals surface area contributed by atoms with Crippen molar-refractivity contribution >= 4 is 42.7 Å². The summed E-state index contributed by atoms with van der Waals surface area (Å²) in [6.07, 6.45) is 0. The lowest BCUT2D eigenvalue weighted by atomic mass is 10.2. The number of rotatable bonds is 4. The summed E-state index contributed by atoms with van der Waals surface area (Å²) in [5, 5.41) is 27.2. The van der Waals surface area contributed by atoms with Gasteiger partial charge in [0.15, 0.2) is 0 Å². The molecule has 9 heteroatoms. The van der Waals surface area contributed by atoms with Crippen LogP contribution in [0.15, 0.2) is 24.3 Å². The fraction of sp³-hybridized carbons (Fsp3) is 0.200. The Hall–Kier alpha value is -1.71. The number of carboxylic acids is 2. The van der Waals surface area contributed by atoms with Gasteiger partial charge in [0.05, 0.1) is 0 Å². The first-order chi connectivity index (χ1) is 8.81. The summed E-state index contributed by atoms with van der Waals surface area (Å²) >= 11 is 7.92. The van der Waals surface area contributed by atoms with E-state index >= 15 is 0 Å². The minimum absolute atomic E-state index is 0.0139. The van der Waals surface area contributed by atoms with Crippen molar-refractivity contribution in [3.8, 4) is 0 Å². The Bertz CT molecular complexity index is 448. The molecular formula is C10H12N2O5S2. The topological polar surface area (TPSA) is 127 Å². The molecule has 0 unspecified atom stereocenters. The van der Waals surface area contributed by atoms with E-state index in [2.05, 4.69) is 25.1 Å². The number of aliphatic carboxylic acids is 1. The highest BCUT2D eigenvalue weighted by Crippen LogP contribution is 2.16. The quantitative estimate of drug-likeness (QED) is 0.364. The van der Waals surface area contributed by atoms with Crippen molar-refractivity contribution in [3.05, 3.63) is 35.0 Å². The van der Waals surface area contributed by atoms with Crippen LogP contribution in [0.2, 0.25) is 0 Å². The van der Waals surface area contributed by atoms with Crippen molar-refractivity contribution in [2.75, 3.05) is 5.75 Å². The smallest absolute Gasteiger partial charge is 0.342 e. The van der Waals surface area contributed by atoms with Crippen molar-refractivity contribution < 1.29 is 23.9 Å². The molecule has 104 valence electrons. The summed E-state index contributed by atoms with van der Waals surface area (Å²) in [6.45, 7) is 0. The predicted molar refractivity (Wildman–Crippen MR) is 73.5 cm³/mol. The SMILES string of the molecule is N[C@@H](CS)C(=O)O.O=C(O)c1ccccc1[N+]([O-])=S. The van der Waals surface area contributed by atoms with Crippen molar-refractivity contribution in [2.24, 2.45) is 5.73 Å². The summed E-state index contributed by atoms with van der Waals surface area (Å²) in [7, 11) is 0. The minimum atomic E-state index is -1.16. The van der Waals surface area contributed by atoms with E-state index in [0.717, 1.165) is 0 Å². The summed E-state index contributed by atoms with van der Waals surface area (Å²) in [6, 6.07) is 4.96. The van der Waals surface area contributed by atoms with E-state index in [1.54, 1.807) is 6.07 Å². The number of nitrogens with two attached hydrogens (primary N) is 1. The molecule has 1 aromatic carbocycles. The Morgan fingerprint density at radius 3 is 2.21 bits per heavy atom. The van der Waals surface area contributed by atoms with Gasteiger partial charge in [-0.15, -0.1) is 0 Å². The van der Waals surface area contributed by atoms with Gasteiger partial charge in [0.25, 0.3) is 12.4 Å². The lowest BCUT2D eigenvalue weighted by Gasteiger charge is -1.99. The van der Waals surface area contributed by atoms with Crippen LogP contribution in [0.3, 0.4) is 0 Å². The number of thiol groups is 1. The Kier molecular flexibility index (Phi) is 7.65. The Morgan fingerprint density at radius 1 is 1.42 bits per heavy atom. The van der Waals surface area contributed by atoms with Crippen molar-refractivity contribution in [2.45, 2.75) is 6.04 Å². The molecule has 0 heterocycles. The summed E-state index contributed by atoms with van der Waals surface area (Å²) < 4.78 is 0.115. The lowest BCUT2D eigenvalue weighted by Crippen LogP contribution is -2.31. The van der Waals surface area contributed by atoms with E-state index in [1.807, 2.05) is 0 Å². The summed E-state index contributed by atoms with van der Waals surface area (Å²) in [5.41, 5.74) is 4.84. The molecule has 0 aliphatic carbocycles. The second-order valence-corrected chi connectivity index (χ2v) is 3.90. The Labute approximate surface area is 119 Å². The standard InChI is InChI=1S/C7H5NO3S.C3H7NO2S/c9-7(10)5-3-1-2-4-6(5)8(11)12;4-2(1-7)3(5)6/h1-4H,(H,9,10);2,7H,1,4H2,(H,5,6)/t;2-/m.0/s1. The first kappa shape index (κ1) is 17.3. The molecule has 0 aliphatic rings. The predicted octanol–water partition coefficient (Wildman–Crippen LogP) is 0.585. The van der Waals surface area contributed by atoms with Gasteiger partial charge in [0.2, 0.25) is 5.69 Å². The van der Waals surface area contributed by atoms with Gasteiger partial charge in [-0.25, -0.2) is 4.79 Å². The molecular weight excluding hydrogens is 292 g/mol. The average molecular weight is 304 g/mol. The monoisotopic (exact) mass is 304 g/mol. The maximum absolute atomic E-state index is 10.6. The highest BCUT2D eigenvalue weighted by Gasteiger charge is 2.14. The van der Waals surface area contributed by atoms with Gasteiger partial charge < -0.3 is 21.2 Å². The van der Waals surface area contributed by atoms with Crippen LogP contribution in [0.25, 0.3) is 0 Å². The van der Waals surface area contributed by atoms with Crippen LogP contribution in [-0.2, 0) is 17.2 Å². The molecule has 0 aliphatic heterocycles. The van der Waals surface area contributed by atoms with Gasteiger partial charge in [-0.05, 0) is 6.07 Å².